The van der Waals surface area contributed by atoms with Gasteiger partial charge in [-0.1, -0.05) is 0 Å². The molecule has 2 aliphatic rings. The molecule has 16 heavy (non-hydrogen) atoms. The molecule has 0 saturated carbocycles. The van der Waals surface area contributed by atoms with Crippen LogP contribution in [0.25, 0.3) is 0 Å². The molecule has 4 nitrogen and oxygen atoms in total. The number of carbonyl (C=O) groups is 1. The summed E-state index contributed by atoms with van der Waals surface area (Å²) in [4.78, 5) is 11.6. The molecule has 0 amide bonds. The van der Waals surface area contributed by atoms with Crippen molar-refractivity contribution >= 4 is 5.97 Å². The first kappa shape index (κ1) is 11.9. The van der Waals surface area contributed by atoms with Gasteiger partial charge in [0, 0.05) is 19.8 Å². The first-order valence-electron chi connectivity index (χ1n) is 6.23. The summed E-state index contributed by atoms with van der Waals surface area (Å²) in [5, 5.41) is 3.33. The molecule has 92 valence electrons. The second-order valence-corrected chi connectivity index (χ2v) is 4.84. The molecule has 2 heterocycles. The highest BCUT2D eigenvalue weighted by atomic mass is 16.5. The van der Waals surface area contributed by atoms with Crippen LogP contribution >= 0.6 is 0 Å². The fraction of sp³-hybridized carbons (Fsp3) is 0.917. The third-order valence-corrected chi connectivity index (χ3v) is 3.81. The van der Waals surface area contributed by atoms with Crippen LogP contribution in [-0.2, 0) is 14.3 Å². The van der Waals surface area contributed by atoms with Crippen molar-refractivity contribution in [2.45, 2.75) is 38.6 Å². The standard InChI is InChI=1S/C12H21NO3/c1-2-16-11(14)10-3-4-12(9-13-10)5-7-15-8-6-12/h10,13H,2-9H2,1H3. The fourth-order valence-corrected chi connectivity index (χ4v) is 2.66. The van der Waals surface area contributed by atoms with Crippen LogP contribution in [0.15, 0.2) is 0 Å². The number of rotatable bonds is 2. The lowest BCUT2D eigenvalue weighted by Gasteiger charge is -2.42. The molecule has 0 bridgehead atoms. The molecule has 1 N–H and O–H groups in total. The molecule has 2 fully saturated rings. The quantitative estimate of drug-likeness (QED) is 0.718. The van der Waals surface area contributed by atoms with Crippen molar-refractivity contribution in [1.82, 2.24) is 5.32 Å². The zero-order valence-corrected chi connectivity index (χ0v) is 9.96. The zero-order valence-electron chi connectivity index (χ0n) is 9.96. The maximum absolute atomic E-state index is 11.6. The van der Waals surface area contributed by atoms with E-state index in [0.717, 1.165) is 45.4 Å². The molecule has 0 aromatic rings. The Morgan fingerprint density at radius 3 is 2.75 bits per heavy atom. The average Bonchev–Trinajstić information content (AvgIpc) is 2.31. The predicted molar refractivity (Wildman–Crippen MR) is 60.1 cm³/mol. The number of carbonyl (C=O) groups excluding carboxylic acids is 1. The van der Waals surface area contributed by atoms with Crippen molar-refractivity contribution in [2.24, 2.45) is 5.41 Å². The monoisotopic (exact) mass is 227 g/mol. The van der Waals surface area contributed by atoms with Crippen LogP contribution in [0.5, 0.6) is 0 Å². The van der Waals surface area contributed by atoms with E-state index < -0.39 is 0 Å². The third-order valence-electron chi connectivity index (χ3n) is 3.81. The van der Waals surface area contributed by atoms with E-state index >= 15 is 0 Å². The number of piperidine rings is 1. The van der Waals surface area contributed by atoms with Gasteiger partial charge < -0.3 is 14.8 Å². The van der Waals surface area contributed by atoms with E-state index in [1.54, 1.807) is 0 Å². The molecule has 2 saturated heterocycles. The summed E-state index contributed by atoms with van der Waals surface area (Å²) in [6.07, 6.45) is 4.26. The number of nitrogens with one attached hydrogen (secondary N) is 1. The molecule has 1 atom stereocenters. The van der Waals surface area contributed by atoms with Crippen molar-refractivity contribution in [1.29, 1.82) is 0 Å². The lowest BCUT2D eigenvalue weighted by atomic mass is 9.73. The van der Waals surface area contributed by atoms with E-state index in [1.807, 2.05) is 6.92 Å². The second kappa shape index (κ2) is 5.15. The Balaban J connectivity index is 1.83. The summed E-state index contributed by atoms with van der Waals surface area (Å²) >= 11 is 0. The van der Waals surface area contributed by atoms with Crippen molar-refractivity contribution in [3.8, 4) is 0 Å². The highest BCUT2D eigenvalue weighted by Crippen LogP contribution is 2.37. The van der Waals surface area contributed by atoms with Crippen LogP contribution in [0.3, 0.4) is 0 Å². The summed E-state index contributed by atoms with van der Waals surface area (Å²) < 4.78 is 10.4. The summed E-state index contributed by atoms with van der Waals surface area (Å²) in [6.45, 7) is 4.98. The van der Waals surface area contributed by atoms with Crippen LogP contribution < -0.4 is 5.32 Å². The minimum absolute atomic E-state index is 0.0894. The molecule has 4 heteroatoms. The highest BCUT2D eigenvalue weighted by molar-refractivity contribution is 5.75. The molecule has 0 aliphatic carbocycles. The Kier molecular flexibility index (Phi) is 3.82. The lowest BCUT2D eigenvalue weighted by Crippen LogP contribution is -2.51. The van der Waals surface area contributed by atoms with Crippen molar-refractivity contribution in [2.75, 3.05) is 26.4 Å². The van der Waals surface area contributed by atoms with Crippen LogP contribution in [0.2, 0.25) is 0 Å². The van der Waals surface area contributed by atoms with E-state index in [4.69, 9.17) is 9.47 Å². The first-order valence-corrected chi connectivity index (χ1v) is 6.23. The third kappa shape index (κ3) is 2.55. The van der Waals surface area contributed by atoms with Crippen LogP contribution in [-0.4, -0.2) is 38.4 Å². The zero-order chi connectivity index (χ0) is 11.4. The van der Waals surface area contributed by atoms with Crippen LogP contribution in [0, 0.1) is 5.41 Å². The van der Waals surface area contributed by atoms with Crippen molar-refractivity contribution in [3.63, 3.8) is 0 Å². The fourth-order valence-electron chi connectivity index (χ4n) is 2.66. The van der Waals surface area contributed by atoms with Crippen molar-refractivity contribution < 1.29 is 14.3 Å². The molecule has 0 aromatic carbocycles. The molecule has 2 aliphatic heterocycles. The smallest absolute Gasteiger partial charge is 0.323 e. The Hall–Kier alpha value is -0.610. The number of hydrogen-bond acceptors (Lipinski definition) is 4. The Morgan fingerprint density at radius 2 is 2.19 bits per heavy atom. The van der Waals surface area contributed by atoms with Crippen LogP contribution in [0.4, 0.5) is 0 Å². The van der Waals surface area contributed by atoms with E-state index in [2.05, 4.69) is 5.32 Å². The highest BCUT2D eigenvalue weighted by Gasteiger charge is 2.38. The number of ether oxygens (including phenoxy) is 2. The molecule has 2 rings (SSSR count). The SMILES string of the molecule is CCOC(=O)C1CCC2(CCOCC2)CN1. The minimum atomic E-state index is -0.0931. The average molecular weight is 227 g/mol. The largest absolute Gasteiger partial charge is 0.465 e. The summed E-state index contributed by atoms with van der Waals surface area (Å²) in [6, 6.07) is -0.0894. The van der Waals surface area contributed by atoms with Gasteiger partial charge >= 0.3 is 5.97 Å². The first-order chi connectivity index (χ1) is 7.76. The van der Waals surface area contributed by atoms with Gasteiger partial charge in [-0.2, -0.15) is 0 Å². The summed E-state index contributed by atoms with van der Waals surface area (Å²) in [5.41, 5.74) is 0.376. The molecule has 1 spiro atoms. The van der Waals surface area contributed by atoms with Gasteiger partial charge in [0.25, 0.3) is 0 Å². The van der Waals surface area contributed by atoms with Gasteiger partial charge in [0.05, 0.1) is 6.61 Å². The van der Waals surface area contributed by atoms with Gasteiger partial charge in [-0.25, -0.2) is 0 Å². The topological polar surface area (TPSA) is 47.6 Å². The molecular formula is C12H21NO3. The Bertz CT molecular complexity index is 239. The normalized spacial score (nSPS) is 28.9. The van der Waals surface area contributed by atoms with Gasteiger partial charge in [-0.05, 0) is 38.0 Å². The predicted octanol–water partition coefficient (Wildman–Crippen LogP) is 1.10. The Morgan fingerprint density at radius 1 is 1.44 bits per heavy atom. The van der Waals surface area contributed by atoms with E-state index in [-0.39, 0.29) is 12.0 Å². The van der Waals surface area contributed by atoms with E-state index in [1.165, 1.54) is 0 Å². The number of esters is 1. The van der Waals surface area contributed by atoms with Gasteiger partial charge in [-0.15, -0.1) is 0 Å². The van der Waals surface area contributed by atoms with Gasteiger partial charge in [0.2, 0.25) is 0 Å². The van der Waals surface area contributed by atoms with Crippen molar-refractivity contribution in [3.05, 3.63) is 0 Å². The molecule has 0 aromatic heterocycles. The molecule has 1 unspecified atom stereocenters. The lowest BCUT2D eigenvalue weighted by molar-refractivity contribution is -0.147. The van der Waals surface area contributed by atoms with Crippen LogP contribution in [0.1, 0.15) is 32.6 Å². The molecular weight excluding hydrogens is 206 g/mol. The minimum Gasteiger partial charge on any atom is -0.465 e. The van der Waals surface area contributed by atoms with Gasteiger partial charge in [-0.3, -0.25) is 4.79 Å². The number of hydrogen-bond donors (Lipinski definition) is 1. The second-order valence-electron chi connectivity index (χ2n) is 4.84. The maximum atomic E-state index is 11.6. The summed E-state index contributed by atoms with van der Waals surface area (Å²) in [7, 11) is 0. The van der Waals surface area contributed by atoms with E-state index in [0.29, 0.717) is 12.0 Å². The maximum Gasteiger partial charge on any atom is 0.323 e. The van der Waals surface area contributed by atoms with E-state index in [9.17, 15) is 4.79 Å². The summed E-state index contributed by atoms with van der Waals surface area (Å²) in [5.74, 6) is -0.0931. The van der Waals surface area contributed by atoms with Gasteiger partial charge in [0.15, 0.2) is 0 Å². The molecule has 0 radical (unpaired) electrons. The Labute approximate surface area is 96.7 Å². The van der Waals surface area contributed by atoms with Gasteiger partial charge in [0.1, 0.15) is 6.04 Å².